The van der Waals surface area contributed by atoms with Crippen molar-refractivity contribution in [1.82, 2.24) is 14.8 Å². The number of benzene rings is 1. The summed E-state index contributed by atoms with van der Waals surface area (Å²) in [6.07, 6.45) is 5.50. The van der Waals surface area contributed by atoms with Gasteiger partial charge in [-0.25, -0.2) is 9.67 Å². The molecule has 0 atom stereocenters. The molecule has 0 radical (unpaired) electrons. The number of nitrogens with one attached hydrogen (secondary N) is 1. The van der Waals surface area contributed by atoms with Crippen LogP contribution in [-0.4, -0.2) is 23.1 Å². The Balaban J connectivity index is 1.73. The number of hydrogen-bond acceptors (Lipinski definition) is 3. The van der Waals surface area contributed by atoms with Crippen LogP contribution in [0.2, 0.25) is 18.1 Å². The molecule has 0 aliphatic carbocycles. The number of nitrogens with zero attached hydrogens (tertiary/aromatic N) is 2. The van der Waals surface area contributed by atoms with Gasteiger partial charge in [0.2, 0.25) is 8.32 Å². The third kappa shape index (κ3) is 4.51. The Morgan fingerprint density at radius 1 is 1.07 bits per heavy atom. The first-order chi connectivity index (χ1) is 13.2. The van der Waals surface area contributed by atoms with Crippen LogP contribution in [0.1, 0.15) is 32.0 Å². The molecule has 2 aromatic heterocycles. The Bertz CT molecular complexity index is 1010. The lowest BCUT2D eigenvalue weighted by Gasteiger charge is -2.36. The molecule has 0 aliphatic heterocycles. The summed E-state index contributed by atoms with van der Waals surface area (Å²) in [5.41, 5.74) is 1.61. The molecule has 0 spiro atoms. The molecule has 28 heavy (non-hydrogen) atoms. The summed E-state index contributed by atoms with van der Waals surface area (Å²) in [4.78, 5) is 16.3. The molecule has 1 N–H and O–H groups in total. The van der Waals surface area contributed by atoms with E-state index >= 15 is 0 Å². The molecule has 146 valence electrons. The molecule has 0 unspecified atom stereocenters. The molecule has 0 saturated carbocycles. The molecule has 0 aliphatic rings. The largest absolute Gasteiger partial charge is 0.544 e. The number of pyridine rings is 1. The predicted octanol–water partition coefficient (Wildman–Crippen LogP) is 5.12. The molecule has 3 rings (SSSR count). The van der Waals surface area contributed by atoms with E-state index in [-0.39, 0.29) is 10.6 Å². The topological polar surface area (TPSA) is 59.9 Å². The quantitative estimate of drug-likeness (QED) is 0.612. The van der Waals surface area contributed by atoms with Crippen molar-refractivity contribution in [2.75, 3.05) is 0 Å². The first-order valence-corrected chi connectivity index (χ1v) is 12.3. The van der Waals surface area contributed by atoms with Gasteiger partial charge in [0.15, 0.2) is 5.82 Å². The van der Waals surface area contributed by atoms with Crippen LogP contribution < -0.4 is 9.99 Å². The zero-order valence-corrected chi connectivity index (χ0v) is 18.1. The van der Waals surface area contributed by atoms with E-state index in [9.17, 15) is 4.79 Å². The minimum atomic E-state index is -1.84. The number of rotatable bonds is 5. The summed E-state index contributed by atoms with van der Waals surface area (Å²) in [6.45, 7) is 11.2. The van der Waals surface area contributed by atoms with E-state index in [0.29, 0.717) is 5.82 Å². The van der Waals surface area contributed by atoms with Gasteiger partial charge in [0, 0.05) is 12.3 Å². The third-order valence-corrected chi connectivity index (χ3v) is 9.49. The number of aromatic nitrogens is 3. The Morgan fingerprint density at radius 3 is 2.39 bits per heavy atom. The van der Waals surface area contributed by atoms with Crippen LogP contribution in [0.15, 0.2) is 59.5 Å². The van der Waals surface area contributed by atoms with Crippen LogP contribution in [-0.2, 0) is 0 Å². The summed E-state index contributed by atoms with van der Waals surface area (Å²) >= 11 is 0. The van der Waals surface area contributed by atoms with E-state index in [0.717, 1.165) is 17.0 Å². The maximum Gasteiger partial charge on any atom is 0.273 e. The molecule has 0 saturated heterocycles. The summed E-state index contributed by atoms with van der Waals surface area (Å²) < 4.78 is 7.74. The highest BCUT2D eigenvalue weighted by Gasteiger charge is 2.38. The summed E-state index contributed by atoms with van der Waals surface area (Å²) in [7, 11) is -1.84. The normalized spacial score (nSPS) is 12.5. The molecule has 0 fully saturated rings. The zero-order valence-electron chi connectivity index (χ0n) is 17.1. The Kier molecular flexibility index (Phi) is 5.42. The van der Waals surface area contributed by atoms with E-state index in [1.165, 1.54) is 4.68 Å². The van der Waals surface area contributed by atoms with Crippen LogP contribution in [0.5, 0.6) is 5.75 Å². The highest BCUT2D eigenvalue weighted by Crippen LogP contribution is 2.37. The Labute approximate surface area is 166 Å². The summed E-state index contributed by atoms with van der Waals surface area (Å²) in [5.74, 6) is 1.47. The van der Waals surface area contributed by atoms with E-state index in [4.69, 9.17) is 4.43 Å². The highest BCUT2D eigenvalue weighted by molar-refractivity contribution is 6.74. The molecule has 6 heteroatoms. The second kappa shape index (κ2) is 7.64. The lowest BCUT2D eigenvalue weighted by molar-refractivity contribution is 0.492. The molecular weight excluding hydrogens is 366 g/mol. The van der Waals surface area contributed by atoms with Gasteiger partial charge in [-0.1, -0.05) is 45.0 Å². The van der Waals surface area contributed by atoms with Crippen molar-refractivity contribution in [2.45, 2.75) is 38.9 Å². The smallest absolute Gasteiger partial charge is 0.273 e. The molecule has 0 amide bonds. The van der Waals surface area contributed by atoms with E-state index in [1.807, 2.05) is 48.6 Å². The monoisotopic (exact) mass is 393 g/mol. The molecule has 5 nitrogen and oxygen atoms in total. The number of H-pyrrole nitrogens is 1. The molecule has 3 aromatic rings. The van der Waals surface area contributed by atoms with Gasteiger partial charge >= 0.3 is 0 Å². The fraction of sp³-hybridized carbons (Fsp3) is 0.273. The maximum atomic E-state index is 12.2. The predicted molar refractivity (Wildman–Crippen MR) is 117 cm³/mol. The Hall–Kier alpha value is -2.86. The van der Waals surface area contributed by atoms with Crippen molar-refractivity contribution >= 4 is 20.5 Å². The second-order valence-corrected chi connectivity index (χ2v) is 13.1. The zero-order chi connectivity index (χ0) is 20.4. The lowest BCUT2D eigenvalue weighted by Crippen LogP contribution is -2.43. The minimum Gasteiger partial charge on any atom is -0.544 e. The molecule has 2 heterocycles. The first kappa shape index (κ1) is 19.9. The maximum absolute atomic E-state index is 12.2. The van der Waals surface area contributed by atoms with E-state index < -0.39 is 8.32 Å². The van der Waals surface area contributed by atoms with Gasteiger partial charge in [0.05, 0.1) is 5.69 Å². The average molecular weight is 394 g/mol. The summed E-state index contributed by atoms with van der Waals surface area (Å²) in [6, 6.07) is 15.0. The second-order valence-electron chi connectivity index (χ2n) is 8.34. The summed E-state index contributed by atoms with van der Waals surface area (Å²) in [5, 5.41) is 3.23. The van der Waals surface area contributed by atoms with Crippen LogP contribution in [0, 0.1) is 0 Å². The molecule has 1 aromatic carbocycles. The van der Waals surface area contributed by atoms with Crippen molar-refractivity contribution in [3.8, 4) is 11.6 Å². The van der Waals surface area contributed by atoms with Gasteiger partial charge in [-0.2, -0.15) is 0 Å². The average Bonchev–Trinajstić information content (AvgIpc) is 3.01. The minimum absolute atomic E-state index is 0.142. The molecule has 0 bridgehead atoms. The molecular formula is C22H27N3O2Si. The van der Waals surface area contributed by atoms with Gasteiger partial charge in [-0.3, -0.25) is 9.89 Å². The highest BCUT2D eigenvalue weighted by atomic mass is 28.4. The fourth-order valence-electron chi connectivity index (χ4n) is 2.44. The number of aromatic amines is 1. The van der Waals surface area contributed by atoms with Crippen molar-refractivity contribution in [3.05, 3.63) is 76.3 Å². The van der Waals surface area contributed by atoms with Crippen molar-refractivity contribution in [1.29, 1.82) is 0 Å². The van der Waals surface area contributed by atoms with Gasteiger partial charge in [0.25, 0.3) is 5.56 Å². The van der Waals surface area contributed by atoms with Crippen molar-refractivity contribution in [2.24, 2.45) is 0 Å². The van der Waals surface area contributed by atoms with E-state index in [2.05, 4.69) is 43.9 Å². The Morgan fingerprint density at radius 2 is 1.79 bits per heavy atom. The third-order valence-electron chi connectivity index (χ3n) is 5.13. The van der Waals surface area contributed by atoms with Crippen molar-refractivity contribution in [3.63, 3.8) is 0 Å². The van der Waals surface area contributed by atoms with Crippen LogP contribution >= 0.6 is 0 Å². The van der Waals surface area contributed by atoms with Crippen LogP contribution in [0.3, 0.4) is 0 Å². The van der Waals surface area contributed by atoms with Crippen LogP contribution in [0.4, 0.5) is 0 Å². The van der Waals surface area contributed by atoms with E-state index in [1.54, 1.807) is 18.3 Å². The van der Waals surface area contributed by atoms with Gasteiger partial charge in [-0.05, 0) is 54.0 Å². The van der Waals surface area contributed by atoms with Crippen LogP contribution in [0.25, 0.3) is 18.0 Å². The van der Waals surface area contributed by atoms with Gasteiger partial charge in [-0.15, -0.1) is 0 Å². The fourth-order valence-corrected chi connectivity index (χ4v) is 3.47. The van der Waals surface area contributed by atoms with Gasteiger partial charge < -0.3 is 4.43 Å². The standard InChI is InChI=1S/C22H27N3O2Si/c1-22(2,3)28(4,5)27-19-13-10-17(11-14-19)9-12-18-16-21(26)25(24-18)20-8-6-7-15-23-20/h6-16,24H,1-5H3/b12-9+. The van der Waals surface area contributed by atoms with Crippen molar-refractivity contribution < 1.29 is 4.43 Å². The first-order valence-electron chi connectivity index (χ1n) is 9.36. The lowest BCUT2D eigenvalue weighted by atomic mass is 10.2. The van der Waals surface area contributed by atoms with Gasteiger partial charge in [0.1, 0.15) is 5.75 Å². The number of hydrogen-bond donors (Lipinski definition) is 1. The SMILES string of the molecule is CC(C)(C)[Si](C)(C)Oc1ccc(/C=C/c2cc(=O)n(-c3ccccn3)[nH]2)cc1.